The Labute approximate surface area is 260 Å². The van der Waals surface area contributed by atoms with E-state index in [-0.39, 0.29) is 46.0 Å². The van der Waals surface area contributed by atoms with Crippen LogP contribution in [-0.4, -0.2) is 60.0 Å². The molecule has 4 rings (SSSR count). The zero-order valence-electron chi connectivity index (χ0n) is 28.9. The van der Waals surface area contributed by atoms with E-state index in [0.29, 0.717) is 18.3 Å². The number of hydrogen-bond acceptors (Lipinski definition) is 5. The first-order valence-corrected chi connectivity index (χ1v) is 24.2. The van der Waals surface area contributed by atoms with Crippen molar-refractivity contribution in [2.24, 2.45) is 23.2 Å². The van der Waals surface area contributed by atoms with Gasteiger partial charge >= 0.3 is 0 Å². The average Bonchev–Trinajstić information content (AvgIpc) is 3.31. The highest BCUT2D eigenvalue weighted by Gasteiger charge is 2.53. The smallest absolute Gasteiger partial charge is 0.192 e. The maximum absolute atomic E-state index is 14.1. The van der Waals surface area contributed by atoms with Crippen LogP contribution in [0.1, 0.15) is 100 Å². The standard InChI is InChI=1S/C34H62O5SSi2/c1-23(21-35)28-15-16-29-24(14-13-17-34(28,29)8)18-31-26-19-25(38-41(9,10)32(2,3)4)20-30(27(26)22-40(31,36)37)39-42(11,12)33(5,6)7/h18,23,25,28-31,35H,13-17,19-22H2,1-12H3/b24-18+/t23-,25-,28-,29+,30+,31?,34-/m1/s1. The SMILES string of the molecule is C[C@H](CO)[C@H]1CC[C@H]2/C(=C/C3C4=C(CS3(=O)=O)[C@@H](O[Si](C)(C)C(C)(C)C)C[C@H](O[Si](C)(C)C(C)(C)C)C4)CCC[C@]12C. The molecule has 1 N–H and O–H groups in total. The van der Waals surface area contributed by atoms with Crippen molar-refractivity contribution < 1.29 is 22.4 Å². The van der Waals surface area contributed by atoms with Crippen molar-refractivity contribution in [3.63, 3.8) is 0 Å². The molecule has 2 fully saturated rings. The molecule has 1 aliphatic heterocycles. The number of sulfone groups is 1. The minimum atomic E-state index is -3.37. The third kappa shape index (κ3) is 6.37. The Balaban J connectivity index is 1.74. The Kier molecular flexibility index (Phi) is 9.49. The van der Waals surface area contributed by atoms with Crippen LogP contribution in [0.15, 0.2) is 22.8 Å². The second kappa shape index (κ2) is 11.5. The largest absolute Gasteiger partial charge is 0.414 e. The van der Waals surface area contributed by atoms with Gasteiger partial charge in [-0.25, -0.2) is 8.42 Å². The molecule has 2 saturated carbocycles. The van der Waals surface area contributed by atoms with Crippen LogP contribution in [-0.2, 0) is 18.7 Å². The highest BCUT2D eigenvalue weighted by Crippen LogP contribution is 2.60. The molecule has 1 unspecified atom stereocenters. The molecule has 0 aromatic heterocycles. The molecule has 8 heteroatoms. The number of rotatable bonds is 7. The van der Waals surface area contributed by atoms with Gasteiger partial charge in [-0.3, -0.25) is 0 Å². The summed E-state index contributed by atoms with van der Waals surface area (Å²) in [7, 11) is -7.58. The number of hydrogen-bond donors (Lipinski definition) is 1. The van der Waals surface area contributed by atoms with E-state index in [1.54, 1.807) is 0 Å². The van der Waals surface area contributed by atoms with E-state index < -0.39 is 31.7 Å². The summed E-state index contributed by atoms with van der Waals surface area (Å²) in [6.07, 6.45) is 8.90. The van der Waals surface area contributed by atoms with E-state index in [0.717, 1.165) is 43.3 Å². The van der Waals surface area contributed by atoms with Crippen molar-refractivity contribution in [2.75, 3.05) is 12.4 Å². The molecule has 0 amide bonds. The molecule has 0 saturated heterocycles. The summed E-state index contributed by atoms with van der Waals surface area (Å²) in [4.78, 5) is 0. The lowest BCUT2D eigenvalue weighted by atomic mass is 9.61. The second-order valence-electron chi connectivity index (χ2n) is 17.6. The van der Waals surface area contributed by atoms with Crippen molar-refractivity contribution in [1.82, 2.24) is 0 Å². The molecule has 0 spiro atoms. The first-order valence-electron chi connectivity index (χ1n) is 16.6. The predicted octanol–water partition coefficient (Wildman–Crippen LogP) is 8.43. The highest BCUT2D eigenvalue weighted by molar-refractivity contribution is 7.92. The van der Waals surface area contributed by atoms with Crippen LogP contribution in [0.2, 0.25) is 36.3 Å². The Hall–Kier alpha value is -0.256. The maximum Gasteiger partial charge on any atom is 0.192 e. The maximum atomic E-state index is 14.1. The van der Waals surface area contributed by atoms with E-state index in [9.17, 15) is 13.5 Å². The van der Waals surface area contributed by atoms with Gasteiger partial charge in [0.15, 0.2) is 26.5 Å². The van der Waals surface area contributed by atoms with Crippen molar-refractivity contribution >= 4 is 26.5 Å². The van der Waals surface area contributed by atoms with E-state index in [1.165, 1.54) is 12.0 Å². The van der Waals surface area contributed by atoms with E-state index in [2.05, 4.69) is 87.7 Å². The molecule has 5 nitrogen and oxygen atoms in total. The molecule has 0 aromatic carbocycles. The van der Waals surface area contributed by atoms with E-state index in [1.807, 2.05) is 0 Å². The van der Waals surface area contributed by atoms with Crippen molar-refractivity contribution in [3.05, 3.63) is 22.8 Å². The lowest BCUT2D eigenvalue weighted by Gasteiger charge is -2.45. The van der Waals surface area contributed by atoms with Gasteiger partial charge in [0, 0.05) is 13.0 Å². The van der Waals surface area contributed by atoms with Gasteiger partial charge in [0.1, 0.15) is 5.25 Å². The molecular formula is C34H62O5SSi2. The number of fused-ring (bicyclic) bond motifs is 1. The zero-order valence-corrected chi connectivity index (χ0v) is 31.7. The molecular weight excluding hydrogens is 577 g/mol. The topological polar surface area (TPSA) is 72.8 Å². The van der Waals surface area contributed by atoms with Crippen molar-refractivity contribution in [2.45, 2.75) is 154 Å². The lowest BCUT2D eigenvalue weighted by molar-refractivity contribution is 0.0688. The summed E-state index contributed by atoms with van der Waals surface area (Å²) in [6.45, 7) is 27.6. The van der Waals surface area contributed by atoms with Crippen LogP contribution >= 0.6 is 0 Å². The summed E-state index contributed by atoms with van der Waals surface area (Å²) < 4.78 is 42.2. The molecule has 42 heavy (non-hydrogen) atoms. The first-order chi connectivity index (χ1) is 19.0. The van der Waals surface area contributed by atoms with Gasteiger partial charge in [-0.1, -0.05) is 67.0 Å². The minimum Gasteiger partial charge on any atom is -0.414 e. The summed E-state index contributed by atoms with van der Waals surface area (Å²) in [6, 6.07) is 0. The van der Waals surface area contributed by atoms with Crippen LogP contribution in [0.3, 0.4) is 0 Å². The van der Waals surface area contributed by atoms with Gasteiger partial charge in [0.25, 0.3) is 0 Å². The Morgan fingerprint density at radius 3 is 2.17 bits per heavy atom. The molecule has 0 aromatic rings. The van der Waals surface area contributed by atoms with Gasteiger partial charge in [0.2, 0.25) is 0 Å². The number of aliphatic hydroxyl groups excluding tert-OH is 1. The van der Waals surface area contributed by atoms with Gasteiger partial charge in [-0.15, -0.1) is 0 Å². The third-order valence-electron chi connectivity index (χ3n) is 12.7. The Bertz CT molecular complexity index is 1190. The van der Waals surface area contributed by atoms with Gasteiger partial charge in [-0.2, -0.15) is 0 Å². The van der Waals surface area contributed by atoms with Crippen LogP contribution in [0.4, 0.5) is 0 Å². The fraction of sp³-hybridized carbons (Fsp3) is 0.882. The van der Waals surface area contributed by atoms with Crippen molar-refractivity contribution in [3.8, 4) is 0 Å². The van der Waals surface area contributed by atoms with Crippen LogP contribution in [0.25, 0.3) is 0 Å². The summed E-state index contributed by atoms with van der Waals surface area (Å²) in [5.74, 6) is 1.30. The Morgan fingerprint density at radius 2 is 1.60 bits per heavy atom. The average molecular weight is 639 g/mol. The molecule has 4 aliphatic rings. The lowest BCUT2D eigenvalue weighted by Crippen LogP contribution is -2.49. The molecule has 0 radical (unpaired) electrons. The van der Waals surface area contributed by atoms with E-state index >= 15 is 0 Å². The van der Waals surface area contributed by atoms with Gasteiger partial charge < -0.3 is 14.0 Å². The quantitative estimate of drug-likeness (QED) is 0.224. The van der Waals surface area contributed by atoms with Crippen LogP contribution < -0.4 is 0 Å². The van der Waals surface area contributed by atoms with Gasteiger partial charge in [0.05, 0.1) is 18.0 Å². The number of allylic oxidation sites excluding steroid dienone is 1. The van der Waals surface area contributed by atoms with Crippen LogP contribution in [0.5, 0.6) is 0 Å². The van der Waals surface area contributed by atoms with Gasteiger partial charge in [-0.05, 0) is 109 Å². The molecule has 1 heterocycles. The minimum absolute atomic E-state index is 0.0218. The third-order valence-corrected chi connectivity index (χ3v) is 23.6. The van der Waals surface area contributed by atoms with E-state index in [4.69, 9.17) is 8.85 Å². The summed E-state index contributed by atoms with van der Waals surface area (Å²) in [5, 5.41) is 9.55. The summed E-state index contributed by atoms with van der Waals surface area (Å²) >= 11 is 0. The molecule has 242 valence electrons. The van der Waals surface area contributed by atoms with Crippen LogP contribution in [0, 0.1) is 23.2 Å². The van der Waals surface area contributed by atoms with Crippen molar-refractivity contribution in [1.29, 1.82) is 0 Å². The normalized spacial score (nSPS) is 35.8. The second-order valence-corrected chi connectivity index (χ2v) is 29.2. The highest BCUT2D eigenvalue weighted by atomic mass is 32.2. The molecule has 3 aliphatic carbocycles. The predicted molar refractivity (Wildman–Crippen MR) is 180 cm³/mol. The fourth-order valence-corrected chi connectivity index (χ4v) is 12.8. The first kappa shape index (κ1) is 34.6. The number of aliphatic hydroxyl groups is 1. The fourth-order valence-electron chi connectivity index (χ4n) is 8.13. The monoisotopic (exact) mass is 638 g/mol. The Morgan fingerprint density at radius 1 is 1.00 bits per heavy atom. The molecule has 7 atom stereocenters. The molecule has 0 bridgehead atoms. The zero-order chi connectivity index (χ0) is 31.7. The summed E-state index contributed by atoms with van der Waals surface area (Å²) in [5.41, 5.74) is 3.61.